The van der Waals surface area contributed by atoms with E-state index in [-0.39, 0.29) is 31.4 Å². The predicted molar refractivity (Wildman–Crippen MR) is 203 cm³/mol. The fourth-order valence-electron chi connectivity index (χ4n) is 5.83. The van der Waals surface area contributed by atoms with Crippen molar-refractivity contribution >= 4 is 41.4 Å². The average molecular weight is 759 g/mol. The van der Waals surface area contributed by atoms with Crippen molar-refractivity contribution in [2.45, 2.75) is 118 Å². The van der Waals surface area contributed by atoms with Crippen LogP contribution in [0.5, 0.6) is 0 Å². The van der Waals surface area contributed by atoms with Crippen LogP contribution in [0.4, 0.5) is 4.79 Å². The highest BCUT2D eigenvalue weighted by molar-refractivity contribution is 6.38. The number of hydrogen-bond acceptors (Lipinski definition) is 9. The van der Waals surface area contributed by atoms with Crippen LogP contribution in [0.3, 0.4) is 0 Å². The van der Waals surface area contributed by atoms with Crippen LogP contribution in [0.25, 0.3) is 0 Å². The molecule has 302 valence electrons. The molecule has 0 bridgehead atoms. The van der Waals surface area contributed by atoms with Crippen LogP contribution in [0.2, 0.25) is 0 Å². The van der Waals surface area contributed by atoms with Crippen LogP contribution in [0, 0.1) is 17.3 Å². The number of ketones is 1. The first kappa shape index (κ1) is 45.6. The van der Waals surface area contributed by atoms with E-state index in [1.807, 2.05) is 34.6 Å². The molecule has 1 fully saturated rings. The van der Waals surface area contributed by atoms with Gasteiger partial charge in [0.2, 0.25) is 29.4 Å². The summed E-state index contributed by atoms with van der Waals surface area (Å²) in [6.07, 6.45) is -0.794. The molecule has 6 amide bonds. The van der Waals surface area contributed by atoms with Crippen LogP contribution in [0.1, 0.15) is 93.7 Å². The van der Waals surface area contributed by atoms with Gasteiger partial charge in [-0.25, -0.2) is 4.79 Å². The van der Waals surface area contributed by atoms with Gasteiger partial charge in [0.15, 0.2) is 0 Å². The molecule has 1 aliphatic heterocycles. The van der Waals surface area contributed by atoms with E-state index in [2.05, 4.69) is 21.3 Å². The molecule has 0 aliphatic carbocycles. The molecule has 54 heavy (non-hydrogen) atoms. The molecule has 1 aromatic rings. The van der Waals surface area contributed by atoms with E-state index in [4.69, 9.17) is 9.47 Å². The van der Waals surface area contributed by atoms with Crippen LogP contribution in [0.15, 0.2) is 30.3 Å². The molecule has 15 heteroatoms. The molecule has 0 radical (unpaired) electrons. The molecule has 4 N–H and O–H groups in total. The number of Topliss-reactive ketones (excluding diaryl/α,β-unsaturated/α-hetero) is 1. The minimum Gasteiger partial charge on any atom is -0.449 e. The number of nitrogens with zero attached hydrogens (tertiary/aromatic N) is 2. The van der Waals surface area contributed by atoms with Gasteiger partial charge in [-0.15, -0.1) is 0 Å². The zero-order valence-electron chi connectivity index (χ0n) is 34.0. The molecule has 1 aromatic carbocycles. The van der Waals surface area contributed by atoms with Gasteiger partial charge < -0.3 is 40.5 Å². The summed E-state index contributed by atoms with van der Waals surface area (Å²) >= 11 is 0. The Morgan fingerprint density at radius 3 is 2.04 bits per heavy atom. The molecule has 2 rings (SSSR count). The summed E-state index contributed by atoms with van der Waals surface area (Å²) in [5.74, 6) is -4.80. The smallest absolute Gasteiger partial charge is 0.407 e. The number of hydrogen-bond donors (Lipinski definition) is 4. The maximum absolute atomic E-state index is 14.2. The van der Waals surface area contributed by atoms with Gasteiger partial charge in [-0.1, -0.05) is 85.2 Å². The fraction of sp³-hybridized carbons (Fsp3) is 0.667. The number of carbonyl (C=O) groups is 7. The Morgan fingerprint density at radius 1 is 0.907 bits per heavy atom. The molecule has 0 spiro atoms. The molecule has 1 heterocycles. The summed E-state index contributed by atoms with van der Waals surface area (Å²) in [5.41, 5.74) is -0.844. The highest BCUT2D eigenvalue weighted by Gasteiger charge is 2.47. The van der Waals surface area contributed by atoms with Crippen molar-refractivity contribution in [2.75, 3.05) is 33.8 Å². The topological polar surface area (TPSA) is 193 Å². The quantitative estimate of drug-likeness (QED) is 0.184. The van der Waals surface area contributed by atoms with Crippen LogP contribution >= 0.6 is 0 Å². The zero-order chi connectivity index (χ0) is 41.1. The summed E-state index contributed by atoms with van der Waals surface area (Å²) in [4.78, 5) is 96.3. The lowest BCUT2D eigenvalue weighted by Crippen LogP contribution is -2.59. The van der Waals surface area contributed by atoms with Crippen molar-refractivity contribution in [2.24, 2.45) is 17.3 Å². The van der Waals surface area contributed by atoms with Crippen molar-refractivity contribution in [3.05, 3.63) is 35.9 Å². The predicted octanol–water partition coefficient (Wildman–Crippen LogP) is 2.73. The van der Waals surface area contributed by atoms with E-state index < -0.39 is 89.3 Å². The van der Waals surface area contributed by atoms with Crippen LogP contribution in [-0.2, 0) is 38.2 Å². The molecular formula is C39H62N6O9. The molecule has 15 nitrogen and oxygen atoms in total. The Bertz CT molecular complexity index is 1490. The van der Waals surface area contributed by atoms with Gasteiger partial charge in [0, 0.05) is 27.1 Å². The first-order valence-electron chi connectivity index (χ1n) is 18.6. The monoisotopic (exact) mass is 758 g/mol. The first-order chi connectivity index (χ1) is 25.0. The Morgan fingerprint density at radius 2 is 1.52 bits per heavy atom. The third-order valence-corrected chi connectivity index (χ3v) is 8.84. The molecule has 0 saturated carbocycles. The third kappa shape index (κ3) is 13.7. The molecule has 3 unspecified atom stereocenters. The first-order valence-corrected chi connectivity index (χ1v) is 18.6. The van der Waals surface area contributed by atoms with E-state index >= 15 is 0 Å². The number of likely N-dealkylation sites (N-methyl/N-ethyl adjacent to an activating group) is 1. The van der Waals surface area contributed by atoms with Gasteiger partial charge in [0.05, 0.1) is 30.9 Å². The third-order valence-electron chi connectivity index (χ3n) is 8.84. The number of likely N-dealkylation sites (tertiary alicyclic amines) is 1. The summed E-state index contributed by atoms with van der Waals surface area (Å²) in [5, 5.41) is 10.3. The summed E-state index contributed by atoms with van der Waals surface area (Å²) in [6, 6.07) is 4.12. The molecule has 0 aromatic heterocycles. The van der Waals surface area contributed by atoms with E-state index in [1.54, 1.807) is 79.0 Å². The average Bonchev–Trinajstić information content (AvgIpc) is 3.50. The van der Waals surface area contributed by atoms with Crippen LogP contribution in [-0.4, -0.2) is 115 Å². The van der Waals surface area contributed by atoms with Gasteiger partial charge in [-0.2, -0.15) is 0 Å². The number of amides is 6. The molecular weight excluding hydrogens is 696 g/mol. The van der Waals surface area contributed by atoms with Gasteiger partial charge in [-0.05, 0) is 43.6 Å². The standard InChI is InChI=1S/C39H62N6O9/c1-13-24(4)29(31(47)34(49)40-20-28(46)41-30(35(50)44(11)12)25-17-15-14-16-18-25)42-33(48)27-19-26(54-39(8,9)10)21-45(27)36(51)32(38(5,6)7)43-37(52)53-22-23(2)3/h14-18,23-24,26-27,29-30,32H,13,19-22H2,1-12H3,(H,40,49)(H,41,46)(H,42,48)(H,43,52)/t24-,26-,27+,29?,30?,32?/m1/s1. The minimum absolute atomic E-state index is 0.0430. The van der Waals surface area contributed by atoms with Crippen molar-refractivity contribution < 1.29 is 43.0 Å². The second-order valence-electron chi connectivity index (χ2n) is 16.6. The van der Waals surface area contributed by atoms with Crippen molar-refractivity contribution in [1.82, 2.24) is 31.1 Å². The Hall–Kier alpha value is -4.53. The number of benzene rings is 1. The van der Waals surface area contributed by atoms with E-state index in [1.165, 1.54) is 9.80 Å². The fourth-order valence-corrected chi connectivity index (χ4v) is 5.83. The highest BCUT2D eigenvalue weighted by Crippen LogP contribution is 2.29. The number of alkyl carbamates (subject to hydrolysis) is 1. The SMILES string of the molecule is CC[C@@H](C)C(NC(=O)[C@@H]1C[C@@H](OC(C)(C)C)CN1C(=O)C(NC(=O)OCC(C)C)C(C)(C)C)C(=O)C(=O)NCC(=O)NC(C(=O)N(C)C)c1ccccc1. The lowest BCUT2D eigenvalue weighted by molar-refractivity contribution is -0.144. The van der Waals surface area contributed by atoms with E-state index in [0.717, 1.165) is 0 Å². The highest BCUT2D eigenvalue weighted by atomic mass is 16.5. The lowest BCUT2D eigenvalue weighted by atomic mass is 9.85. The van der Waals surface area contributed by atoms with E-state index in [0.29, 0.717) is 12.0 Å². The summed E-state index contributed by atoms with van der Waals surface area (Å²) in [6.45, 7) is 17.8. The number of rotatable bonds is 16. The minimum atomic E-state index is -1.29. The zero-order valence-corrected chi connectivity index (χ0v) is 34.0. The van der Waals surface area contributed by atoms with Gasteiger partial charge in [0.25, 0.3) is 5.91 Å². The Kier molecular flexibility index (Phi) is 16.6. The molecule has 6 atom stereocenters. The van der Waals surface area contributed by atoms with E-state index in [9.17, 15) is 33.6 Å². The van der Waals surface area contributed by atoms with Gasteiger partial charge in [0.1, 0.15) is 18.1 Å². The maximum atomic E-state index is 14.2. The van der Waals surface area contributed by atoms with Crippen LogP contribution < -0.4 is 21.3 Å². The van der Waals surface area contributed by atoms with Crippen molar-refractivity contribution in [1.29, 1.82) is 0 Å². The Balaban J connectivity index is 2.28. The molecule has 1 saturated heterocycles. The van der Waals surface area contributed by atoms with Crippen molar-refractivity contribution in [3.63, 3.8) is 0 Å². The normalized spacial score (nSPS) is 18.1. The van der Waals surface area contributed by atoms with Crippen molar-refractivity contribution in [3.8, 4) is 0 Å². The summed E-state index contributed by atoms with van der Waals surface area (Å²) in [7, 11) is 3.11. The number of ether oxygens (including phenoxy) is 2. The Labute approximate surface area is 320 Å². The maximum Gasteiger partial charge on any atom is 0.407 e. The molecule has 1 aliphatic rings. The lowest BCUT2D eigenvalue weighted by Gasteiger charge is -2.35. The number of carbonyl (C=O) groups excluding carboxylic acids is 7. The second kappa shape index (κ2) is 19.7. The number of nitrogens with one attached hydrogen (secondary N) is 4. The van der Waals surface area contributed by atoms with Gasteiger partial charge >= 0.3 is 6.09 Å². The largest absolute Gasteiger partial charge is 0.449 e. The summed E-state index contributed by atoms with van der Waals surface area (Å²) < 4.78 is 11.5. The second-order valence-corrected chi connectivity index (χ2v) is 16.6. The van der Waals surface area contributed by atoms with Gasteiger partial charge in [-0.3, -0.25) is 28.8 Å².